The van der Waals surface area contributed by atoms with Gasteiger partial charge in [-0.3, -0.25) is 9.59 Å². The maximum Gasteiger partial charge on any atom is 0.261 e. The van der Waals surface area contributed by atoms with E-state index < -0.39 is 34.5 Å². The summed E-state index contributed by atoms with van der Waals surface area (Å²) < 4.78 is 39.3. The largest absolute Gasteiger partial charge is 0.367 e. The maximum absolute atomic E-state index is 13.3. The minimum Gasteiger partial charge on any atom is -0.367 e. The summed E-state index contributed by atoms with van der Waals surface area (Å²) in [6.45, 7) is 0. The Morgan fingerprint density at radius 1 is 1.16 bits per heavy atom. The molecule has 2 aromatic rings. The molecule has 2 N–H and O–H groups in total. The summed E-state index contributed by atoms with van der Waals surface area (Å²) in [5.74, 6) is -4.63. The molecule has 0 aliphatic carbocycles. The second kappa shape index (κ2) is 4.97. The van der Waals surface area contributed by atoms with Crippen molar-refractivity contribution in [3.8, 4) is 0 Å². The highest BCUT2D eigenvalue weighted by Gasteiger charge is 2.16. The van der Waals surface area contributed by atoms with Crippen LogP contribution in [0.25, 0.3) is 0 Å². The Kier molecular flexibility index (Phi) is 3.37. The van der Waals surface area contributed by atoms with Gasteiger partial charge in [-0.15, -0.1) is 0 Å². The summed E-state index contributed by atoms with van der Waals surface area (Å²) in [4.78, 5) is 25.5. The zero-order valence-electron chi connectivity index (χ0n) is 9.34. The van der Waals surface area contributed by atoms with E-state index in [-0.39, 0.29) is 5.56 Å². The molecule has 0 radical (unpaired) electrons. The van der Waals surface area contributed by atoms with Crippen LogP contribution in [-0.4, -0.2) is 10.9 Å². The number of anilines is 1. The van der Waals surface area contributed by atoms with Crippen molar-refractivity contribution in [3.05, 3.63) is 63.8 Å². The molecular weight excluding hydrogens is 261 g/mol. The molecule has 0 saturated heterocycles. The van der Waals surface area contributed by atoms with Crippen molar-refractivity contribution in [2.75, 3.05) is 5.32 Å². The molecular formula is C12H7F3N2O2. The van der Waals surface area contributed by atoms with Crippen LogP contribution in [0.4, 0.5) is 18.9 Å². The molecule has 7 heteroatoms. The van der Waals surface area contributed by atoms with Gasteiger partial charge in [0.05, 0.1) is 0 Å². The summed E-state index contributed by atoms with van der Waals surface area (Å²) in [5.41, 5.74) is -1.74. The molecule has 4 nitrogen and oxygen atoms in total. The first kappa shape index (κ1) is 12.9. The van der Waals surface area contributed by atoms with Gasteiger partial charge in [-0.2, -0.15) is 0 Å². The molecule has 2 rings (SSSR count). The number of aromatic amines is 1. The molecule has 0 unspecified atom stereocenters. The zero-order chi connectivity index (χ0) is 14.0. The first-order valence-corrected chi connectivity index (χ1v) is 5.12. The number of hydrogen-bond acceptors (Lipinski definition) is 2. The second-order valence-electron chi connectivity index (χ2n) is 3.62. The fourth-order valence-corrected chi connectivity index (χ4v) is 1.44. The van der Waals surface area contributed by atoms with Gasteiger partial charge in [-0.25, -0.2) is 13.2 Å². The molecule has 1 aromatic heterocycles. The van der Waals surface area contributed by atoms with Crippen molar-refractivity contribution in [3.63, 3.8) is 0 Å². The van der Waals surface area contributed by atoms with Crippen LogP contribution in [0.5, 0.6) is 0 Å². The van der Waals surface area contributed by atoms with E-state index in [1.165, 1.54) is 6.20 Å². The number of carbonyl (C=O) groups excluding carboxylic acids is 1. The maximum atomic E-state index is 13.3. The molecule has 1 heterocycles. The molecule has 0 aliphatic rings. The van der Waals surface area contributed by atoms with Crippen LogP contribution < -0.4 is 10.7 Å². The smallest absolute Gasteiger partial charge is 0.261 e. The van der Waals surface area contributed by atoms with Crippen molar-refractivity contribution < 1.29 is 18.0 Å². The highest BCUT2D eigenvalue weighted by molar-refractivity contribution is 6.04. The molecule has 0 spiro atoms. The average molecular weight is 268 g/mol. The van der Waals surface area contributed by atoms with Crippen molar-refractivity contribution >= 4 is 11.6 Å². The SMILES string of the molecule is O=C(Nc1c(F)cc(F)cc1F)c1c[nH]ccc1=O. The van der Waals surface area contributed by atoms with Crippen LogP contribution in [0.3, 0.4) is 0 Å². The van der Waals surface area contributed by atoms with Gasteiger partial charge >= 0.3 is 0 Å². The number of halogens is 3. The Bertz CT molecular complexity index is 674. The lowest BCUT2D eigenvalue weighted by molar-refractivity contribution is 0.102. The highest BCUT2D eigenvalue weighted by Crippen LogP contribution is 2.20. The lowest BCUT2D eigenvalue weighted by atomic mass is 10.2. The number of H-pyrrole nitrogens is 1. The second-order valence-corrected chi connectivity index (χ2v) is 3.62. The molecule has 0 saturated carbocycles. The summed E-state index contributed by atoms with van der Waals surface area (Å²) >= 11 is 0. The van der Waals surface area contributed by atoms with Crippen LogP contribution in [0.2, 0.25) is 0 Å². The van der Waals surface area contributed by atoms with E-state index in [2.05, 4.69) is 4.98 Å². The summed E-state index contributed by atoms with van der Waals surface area (Å²) in [6.07, 6.45) is 2.40. The van der Waals surface area contributed by atoms with Gasteiger partial charge in [0.1, 0.15) is 17.1 Å². The number of aromatic nitrogens is 1. The van der Waals surface area contributed by atoms with Gasteiger partial charge in [-0.05, 0) is 0 Å². The number of amides is 1. The monoisotopic (exact) mass is 268 g/mol. The van der Waals surface area contributed by atoms with E-state index >= 15 is 0 Å². The van der Waals surface area contributed by atoms with Gasteiger partial charge in [-0.1, -0.05) is 0 Å². The van der Waals surface area contributed by atoms with Crippen LogP contribution in [0.15, 0.2) is 35.4 Å². The van der Waals surface area contributed by atoms with E-state index in [0.717, 1.165) is 12.3 Å². The topological polar surface area (TPSA) is 62.0 Å². The van der Waals surface area contributed by atoms with E-state index in [1.54, 1.807) is 0 Å². The van der Waals surface area contributed by atoms with Crippen molar-refractivity contribution in [1.82, 2.24) is 4.98 Å². The number of hydrogen-bond donors (Lipinski definition) is 2. The Hall–Kier alpha value is -2.57. The van der Waals surface area contributed by atoms with Crippen LogP contribution >= 0.6 is 0 Å². The van der Waals surface area contributed by atoms with Crippen molar-refractivity contribution in [2.24, 2.45) is 0 Å². The third kappa shape index (κ3) is 2.65. The van der Waals surface area contributed by atoms with E-state index in [1.807, 2.05) is 5.32 Å². The van der Waals surface area contributed by atoms with Gasteiger partial charge in [0.25, 0.3) is 5.91 Å². The molecule has 0 bridgehead atoms. The van der Waals surface area contributed by atoms with E-state index in [0.29, 0.717) is 12.1 Å². The molecule has 1 aromatic carbocycles. The van der Waals surface area contributed by atoms with Gasteiger partial charge in [0, 0.05) is 30.6 Å². The molecule has 0 fully saturated rings. The number of pyridine rings is 1. The normalized spacial score (nSPS) is 10.3. The highest BCUT2D eigenvalue weighted by atomic mass is 19.1. The van der Waals surface area contributed by atoms with Gasteiger partial charge < -0.3 is 10.3 Å². The van der Waals surface area contributed by atoms with Crippen LogP contribution in [0, 0.1) is 17.5 Å². The van der Waals surface area contributed by atoms with E-state index in [9.17, 15) is 22.8 Å². The molecule has 0 atom stereocenters. The Morgan fingerprint density at radius 3 is 2.37 bits per heavy atom. The Labute approximate surface area is 104 Å². The average Bonchev–Trinajstić information content (AvgIpc) is 2.34. The van der Waals surface area contributed by atoms with Gasteiger partial charge in [0.2, 0.25) is 0 Å². The molecule has 98 valence electrons. The molecule has 0 aliphatic heterocycles. The Balaban J connectivity index is 2.35. The minimum atomic E-state index is -1.27. The molecule has 19 heavy (non-hydrogen) atoms. The Morgan fingerprint density at radius 2 is 1.79 bits per heavy atom. The fourth-order valence-electron chi connectivity index (χ4n) is 1.44. The number of rotatable bonds is 2. The summed E-state index contributed by atoms with van der Waals surface area (Å²) in [6, 6.07) is 1.94. The number of carbonyl (C=O) groups is 1. The van der Waals surface area contributed by atoms with E-state index in [4.69, 9.17) is 0 Å². The predicted octanol–water partition coefficient (Wildman–Crippen LogP) is 2.04. The molecule has 1 amide bonds. The van der Waals surface area contributed by atoms with Gasteiger partial charge in [0.15, 0.2) is 17.1 Å². The first-order valence-electron chi connectivity index (χ1n) is 5.12. The zero-order valence-corrected chi connectivity index (χ0v) is 9.34. The third-order valence-electron chi connectivity index (χ3n) is 2.31. The summed E-state index contributed by atoms with van der Waals surface area (Å²) in [7, 11) is 0. The third-order valence-corrected chi connectivity index (χ3v) is 2.31. The van der Waals surface area contributed by atoms with Crippen molar-refractivity contribution in [2.45, 2.75) is 0 Å². The van der Waals surface area contributed by atoms with Crippen LogP contribution in [-0.2, 0) is 0 Å². The minimum absolute atomic E-state index is 0.314. The summed E-state index contributed by atoms with van der Waals surface area (Å²) in [5, 5.41) is 1.89. The predicted molar refractivity (Wildman–Crippen MR) is 61.3 cm³/mol. The quantitative estimate of drug-likeness (QED) is 0.875. The fraction of sp³-hybridized carbons (Fsp3) is 0. The van der Waals surface area contributed by atoms with Crippen molar-refractivity contribution in [1.29, 1.82) is 0 Å². The first-order chi connectivity index (χ1) is 8.99. The number of benzene rings is 1. The number of nitrogens with one attached hydrogen (secondary N) is 2. The lowest BCUT2D eigenvalue weighted by Gasteiger charge is -2.07. The lowest BCUT2D eigenvalue weighted by Crippen LogP contribution is -2.22. The standard InChI is InChI=1S/C12H7F3N2O2/c13-6-3-8(14)11(9(15)4-6)17-12(19)7-5-16-2-1-10(7)18/h1-5H,(H,16,18)(H,17,19). The van der Waals surface area contributed by atoms with Crippen LogP contribution in [0.1, 0.15) is 10.4 Å².